The third kappa shape index (κ3) is 1.92. The Morgan fingerprint density at radius 1 is 0.750 bits per heavy atom. The largest absolute Gasteiger partial charge is 0.454 e. The molecule has 2 heterocycles. The molecule has 2 aliphatic rings. The van der Waals surface area contributed by atoms with Gasteiger partial charge in [-0.3, -0.25) is 0 Å². The molecule has 8 heteroatoms. The molecule has 2 aromatic carbocycles. The first kappa shape index (κ1) is 14.4. The van der Waals surface area contributed by atoms with E-state index in [1.54, 1.807) is 0 Å². The van der Waals surface area contributed by atoms with Crippen LogP contribution < -0.4 is 4.74 Å². The summed E-state index contributed by atoms with van der Waals surface area (Å²) >= 11 is 6.06. The minimum atomic E-state index is -0.904. The second-order valence-electron chi connectivity index (χ2n) is 4.93. The van der Waals surface area contributed by atoms with E-state index < -0.39 is 23.9 Å². The van der Waals surface area contributed by atoms with Crippen LogP contribution in [0.25, 0.3) is 0 Å². The van der Waals surface area contributed by atoms with Crippen LogP contribution in [0, 0.1) is 0 Å². The highest BCUT2D eigenvalue weighted by Gasteiger charge is 2.37. The van der Waals surface area contributed by atoms with E-state index in [0.717, 1.165) is 0 Å². The summed E-state index contributed by atoms with van der Waals surface area (Å²) in [5.74, 6) is -3.54. The Kier molecular flexibility index (Phi) is 2.94. The van der Waals surface area contributed by atoms with Crippen LogP contribution in [-0.2, 0) is 9.47 Å². The molecule has 0 saturated heterocycles. The molecule has 2 aliphatic heterocycles. The predicted octanol–water partition coefficient (Wildman–Crippen LogP) is 2.75. The lowest BCUT2D eigenvalue weighted by atomic mass is 10.1. The topological polar surface area (TPSA) is 96.0 Å². The molecule has 0 atom stereocenters. The summed E-state index contributed by atoms with van der Waals surface area (Å²) in [6.07, 6.45) is 0. The van der Waals surface area contributed by atoms with Crippen LogP contribution in [0.3, 0.4) is 0 Å². The average Bonchev–Trinajstić information content (AvgIpc) is 2.99. The Morgan fingerprint density at radius 2 is 1.38 bits per heavy atom. The zero-order chi connectivity index (χ0) is 17.0. The van der Waals surface area contributed by atoms with Gasteiger partial charge in [0.15, 0.2) is 5.75 Å². The van der Waals surface area contributed by atoms with E-state index in [4.69, 9.17) is 16.3 Å². The van der Waals surface area contributed by atoms with Crippen molar-refractivity contribution in [2.45, 2.75) is 0 Å². The maximum atomic E-state index is 11.9. The van der Waals surface area contributed by atoms with Crippen LogP contribution in [0.4, 0.5) is 0 Å². The number of rotatable bonds is 2. The number of cyclic esters (lactones) is 4. The van der Waals surface area contributed by atoms with Crippen LogP contribution in [0.5, 0.6) is 11.5 Å². The number of fused-ring (bicyclic) bond motifs is 2. The van der Waals surface area contributed by atoms with Gasteiger partial charge >= 0.3 is 23.9 Å². The van der Waals surface area contributed by atoms with Gasteiger partial charge in [0.25, 0.3) is 0 Å². The lowest BCUT2D eigenvalue weighted by molar-refractivity contribution is 0.0426. The monoisotopic (exact) mass is 344 g/mol. The van der Waals surface area contributed by atoms with E-state index in [1.165, 1.54) is 30.3 Å². The molecular formula is C16H5ClO7. The van der Waals surface area contributed by atoms with Gasteiger partial charge in [-0.15, -0.1) is 0 Å². The summed E-state index contributed by atoms with van der Waals surface area (Å²) in [7, 11) is 0. The maximum Gasteiger partial charge on any atom is 0.350 e. The minimum Gasteiger partial charge on any atom is -0.454 e. The fourth-order valence-corrected chi connectivity index (χ4v) is 2.71. The summed E-state index contributed by atoms with van der Waals surface area (Å²) in [6.45, 7) is 0. The Bertz CT molecular complexity index is 977. The summed E-state index contributed by atoms with van der Waals surface area (Å²) < 4.78 is 14.7. The number of halogens is 1. The maximum absolute atomic E-state index is 11.9. The number of carbonyl (C=O) groups is 4. The molecule has 7 nitrogen and oxygen atoms in total. The number of ether oxygens (including phenoxy) is 3. The summed E-state index contributed by atoms with van der Waals surface area (Å²) in [5, 5.41) is 0.0377. The molecule has 0 aromatic heterocycles. The standard InChI is InChI=1S/C16H5ClO7/c17-8-5-4-7-11(16(21)24-14(7)19)12(8)22-9-3-1-2-6-10(9)15(20)23-13(6)18/h1-5H. The van der Waals surface area contributed by atoms with Crippen molar-refractivity contribution < 1.29 is 33.4 Å². The van der Waals surface area contributed by atoms with Crippen molar-refractivity contribution in [3.05, 3.63) is 57.6 Å². The van der Waals surface area contributed by atoms with Crippen LogP contribution >= 0.6 is 11.6 Å². The highest BCUT2D eigenvalue weighted by molar-refractivity contribution is 6.33. The quantitative estimate of drug-likeness (QED) is 0.610. The second kappa shape index (κ2) is 4.90. The molecule has 0 aliphatic carbocycles. The van der Waals surface area contributed by atoms with E-state index in [1.807, 2.05) is 0 Å². The zero-order valence-corrected chi connectivity index (χ0v) is 12.4. The van der Waals surface area contributed by atoms with E-state index >= 15 is 0 Å². The van der Waals surface area contributed by atoms with Crippen LogP contribution in [-0.4, -0.2) is 23.9 Å². The van der Waals surface area contributed by atoms with E-state index in [9.17, 15) is 19.2 Å². The van der Waals surface area contributed by atoms with Gasteiger partial charge in [-0.05, 0) is 24.3 Å². The molecule has 0 radical (unpaired) electrons. The van der Waals surface area contributed by atoms with Crippen molar-refractivity contribution in [1.82, 2.24) is 0 Å². The average molecular weight is 345 g/mol. The van der Waals surface area contributed by atoms with E-state index in [-0.39, 0.29) is 38.8 Å². The summed E-state index contributed by atoms with van der Waals surface area (Å²) in [4.78, 5) is 46.9. The van der Waals surface area contributed by atoms with Gasteiger partial charge in [0.1, 0.15) is 16.9 Å². The molecule has 4 rings (SSSR count). The molecular weight excluding hydrogens is 340 g/mol. The van der Waals surface area contributed by atoms with Crippen LogP contribution in [0.2, 0.25) is 5.02 Å². The normalized spacial score (nSPS) is 15.0. The summed E-state index contributed by atoms with van der Waals surface area (Å²) in [5.41, 5.74) is -0.165. The molecule has 24 heavy (non-hydrogen) atoms. The lowest BCUT2D eigenvalue weighted by Gasteiger charge is -2.11. The first-order valence-electron chi connectivity index (χ1n) is 6.63. The minimum absolute atomic E-state index is 0.00521. The van der Waals surface area contributed by atoms with Crippen LogP contribution in [0.1, 0.15) is 41.4 Å². The van der Waals surface area contributed by atoms with Crippen molar-refractivity contribution in [3.63, 3.8) is 0 Å². The van der Waals surface area contributed by atoms with Crippen molar-refractivity contribution in [2.75, 3.05) is 0 Å². The molecule has 118 valence electrons. The first-order chi connectivity index (χ1) is 11.5. The van der Waals surface area contributed by atoms with E-state index in [0.29, 0.717) is 0 Å². The van der Waals surface area contributed by atoms with Gasteiger partial charge in [0, 0.05) is 0 Å². The zero-order valence-electron chi connectivity index (χ0n) is 11.6. The number of carbonyl (C=O) groups excluding carboxylic acids is 4. The molecule has 0 saturated carbocycles. The Labute approximate surface area is 138 Å². The number of benzene rings is 2. The Morgan fingerprint density at radius 3 is 2.08 bits per heavy atom. The fourth-order valence-electron chi connectivity index (χ4n) is 2.52. The third-order valence-electron chi connectivity index (χ3n) is 3.57. The van der Waals surface area contributed by atoms with Gasteiger partial charge in [-0.2, -0.15) is 0 Å². The molecule has 0 fully saturated rings. The number of esters is 4. The lowest BCUT2D eigenvalue weighted by Crippen LogP contribution is -2.02. The predicted molar refractivity (Wildman–Crippen MR) is 77.5 cm³/mol. The van der Waals surface area contributed by atoms with Gasteiger partial charge in [-0.25, -0.2) is 19.2 Å². The van der Waals surface area contributed by atoms with Gasteiger partial charge in [0.2, 0.25) is 0 Å². The Balaban J connectivity index is 1.88. The second-order valence-corrected chi connectivity index (χ2v) is 5.34. The molecule has 2 aromatic rings. The fraction of sp³-hybridized carbons (Fsp3) is 0. The smallest absolute Gasteiger partial charge is 0.350 e. The first-order valence-corrected chi connectivity index (χ1v) is 7.01. The molecule has 0 unspecified atom stereocenters. The van der Waals surface area contributed by atoms with Crippen molar-refractivity contribution in [2.24, 2.45) is 0 Å². The molecule has 0 bridgehead atoms. The van der Waals surface area contributed by atoms with Crippen molar-refractivity contribution >= 4 is 35.5 Å². The van der Waals surface area contributed by atoms with Gasteiger partial charge < -0.3 is 14.2 Å². The molecule has 0 N–H and O–H groups in total. The highest BCUT2D eigenvalue weighted by Crippen LogP contribution is 2.40. The highest BCUT2D eigenvalue weighted by atomic mass is 35.5. The molecule has 0 amide bonds. The molecule has 0 spiro atoms. The number of hydrogen-bond acceptors (Lipinski definition) is 7. The van der Waals surface area contributed by atoms with Gasteiger partial charge in [0.05, 0.1) is 16.1 Å². The summed E-state index contributed by atoms with van der Waals surface area (Å²) in [6, 6.07) is 7.00. The SMILES string of the molecule is O=C1OC(=O)c2c(Oc3c(Cl)ccc4c3C(=O)OC4=O)cccc21. The van der Waals surface area contributed by atoms with Crippen molar-refractivity contribution in [1.29, 1.82) is 0 Å². The Hall–Kier alpha value is -3.19. The van der Waals surface area contributed by atoms with Gasteiger partial charge in [-0.1, -0.05) is 17.7 Å². The van der Waals surface area contributed by atoms with Crippen LogP contribution in [0.15, 0.2) is 30.3 Å². The van der Waals surface area contributed by atoms with E-state index in [2.05, 4.69) is 9.47 Å². The van der Waals surface area contributed by atoms with Crippen molar-refractivity contribution in [3.8, 4) is 11.5 Å². The third-order valence-corrected chi connectivity index (χ3v) is 3.86. The number of hydrogen-bond donors (Lipinski definition) is 0.